The van der Waals surface area contributed by atoms with Gasteiger partial charge in [-0.2, -0.15) is 0 Å². The molecule has 2 aromatic carbocycles. The number of halogens is 1. The van der Waals surface area contributed by atoms with E-state index >= 15 is 0 Å². The lowest BCUT2D eigenvalue weighted by Gasteiger charge is -2.31. The number of hydrogen-bond donors (Lipinski definition) is 1. The van der Waals surface area contributed by atoms with Gasteiger partial charge in [-0.15, -0.1) is 0 Å². The summed E-state index contributed by atoms with van der Waals surface area (Å²) < 4.78 is 13.4. The van der Waals surface area contributed by atoms with Crippen molar-refractivity contribution < 1.29 is 9.18 Å². The number of likely N-dealkylation sites (tertiary alicyclic amines) is 1. The molecule has 1 aliphatic rings. The highest BCUT2D eigenvalue weighted by molar-refractivity contribution is 5.93. The Kier molecular flexibility index (Phi) is 5.91. The number of carbonyl (C=O) groups is 1. The standard InChI is InChI=1S/C23H23FN4O/c24-20-6-1-4-18(14-20)17-7-9-21(10-8-17)27-23(29)19-5-2-13-28(15-19)16-22-25-11-3-12-26-22/h1,3-4,6-12,14,19H,2,5,13,15-16H2,(H,27,29)/t19-/m0/s1. The van der Waals surface area contributed by atoms with Crippen LogP contribution in [0.1, 0.15) is 18.7 Å². The Bertz CT molecular complexity index is 962. The average Bonchev–Trinajstić information content (AvgIpc) is 2.75. The summed E-state index contributed by atoms with van der Waals surface area (Å²) in [7, 11) is 0. The first-order chi connectivity index (χ1) is 14.2. The highest BCUT2D eigenvalue weighted by Gasteiger charge is 2.26. The molecule has 0 unspecified atom stereocenters. The number of amides is 1. The summed E-state index contributed by atoms with van der Waals surface area (Å²) in [5.41, 5.74) is 2.47. The van der Waals surface area contributed by atoms with Gasteiger partial charge in [0.1, 0.15) is 11.6 Å². The van der Waals surface area contributed by atoms with E-state index < -0.39 is 0 Å². The Labute approximate surface area is 169 Å². The molecule has 29 heavy (non-hydrogen) atoms. The molecule has 1 fully saturated rings. The van der Waals surface area contributed by atoms with Crippen molar-refractivity contribution in [2.45, 2.75) is 19.4 Å². The zero-order valence-electron chi connectivity index (χ0n) is 16.1. The third kappa shape index (κ3) is 5.03. The molecule has 5 nitrogen and oxygen atoms in total. The molecule has 2 heterocycles. The molecule has 148 valence electrons. The van der Waals surface area contributed by atoms with Crippen molar-refractivity contribution in [1.29, 1.82) is 0 Å². The minimum absolute atomic E-state index is 0.0298. The lowest BCUT2D eigenvalue weighted by atomic mass is 9.97. The second-order valence-corrected chi connectivity index (χ2v) is 7.32. The predicted octanol–water partition coefficient (Wildman–Crippen LogP) is 4.13. The molecule has 1 N–H and O–H groups in total. The molecule has 0 saturated carbocycles. The second-order valence-electron chi connectivity index (χ2n) is 7.32. The third-order valence-corrected chi connectivity index (χ3v) is 5.17. The molecule has 4 rings (SSSR count). The van der Waals surface area contributed by atoms with E-state index in [1.54, 1.807) is 24.5 Å². The molecule has 6 heteroatoms. The van der Waals surface area contributed by atoms with E-state index in [4.69, 9.17) is 0 Å². The largest absolute Gasteiger partial charge is 0.326 e. The summed E-state index contributed by atoms with van der Waals surface area (Å²) in [6.07, 6.45) is 5.33. The van der Waals surface area contributed by atoms with Gasteiger partial charge in [0, 0.05) is 24.6 Å². The topological polar surface area (TPSA) is 58.1 Å². The number of benzene rings is 2. The molecular weight excluding hydrogens is 367 g/mol. The fraction of sp³-hybridized carbons (Fsp3) is 0.261. The minimum atomic E-state index is -0.261. The normalized spacial score (nSPS) is 17.1. The lowest BCUT2D eigenvalue weighted by Crippen LogP contribution is -2.40. The van der Waals surface area contributed by atoms with E-state index in [0.29, 0.717) is 13.1 Å². The van der Waals surface area contributed by atoms with Crippen LogP contribution in [0.25, 0.3) is 11.1 Å². The quantitative estimate of drug-likeness (QED) is 0.712. The lowest BCUT2D eigenvalue weighted by molar-refractivity contribution is -0.121. The van der Waals surface area contributed by atoms with Gasteiger partial charge in [0.15, 0.2) is 0 Å². The molecular formula is C23H23FN4O. The summed E-state index contributed by atoms with van der Waals surface area (Å²) in [6.45, 7) is 2.31. The molecule has 1 aromatic heterocycles. The van der Waals surface area contributed by atoms with E-state index in [1.807, 2.05) is 30.3 Å². The van der Waals surface area contributed by atoms with Crippen LogP contribution >= 0.6 is 0 Å². The molecule has 1 aliphatic heterocycles. The van der Waals surface area contributed by atoms with Crippen LogP contribution in [0.3, 0.4) is 0 Å². The van der Waals surface area contributed by atoms with Gasteiger partial charge in [0.05, 0.1) is 12.5 Å². The van der Waals surface area contributed by atoms with E-state index in [9.17, 15) is 9.18 Å². The Morgan fingerprint density at radius 2 is 1.86 bits per heavy atom. The van der Waals surface area contributed by atoms with Crippen LogP contribution in [0.5, 0.6) is 0 Å². The van der Waals surface area contributed by atoms with Crippen LogP contribution in [0.2, 0.25) is 0 Å². The van der Waals surface area contributed by atoms with Crippen molar-refractivity contribution in [3.05, 3.63) is 78.6 Å². The number of aromatic nitrogens is 2. The predicted molar refractivity (Wildman–Crippen MR) is 110 cm³/mol. The van der Waals surface area contributed by atoms with Crippen molar-refractivity contribution in [3.63, 3.8) is 0 Å². The van der Waals surface area contributed by atoms with Crippen molar-refractivity contribution in [2.24, 2.45) is 5.92 Å². The molecule has 1 atom stereocenters. The Balaban J connectivity index is 1.36. The average molecular weight is 390 g/mol. The van der Waals surface area contributed by atoms with Crippen LogP contribution in [0.15, 0.2) is 67.0 Å². The van der Waals surface area contributed by atoms with Gasteiger partial charge in [0.2, 0.25) is 5.91 Å². The van der Waals surface area contributed by atoms with Crippen molar-refractivity contribution in [3.8, 4) is 11.1 Å². The van der Waals surface area contributed by atoms with E-state index in [-0.39, 0.29) is 17.6 Å². The van der Waals surface area contributed by atoms with Gasteiger partial charge >= 0.3 is 0 Å². The van der Waals surface area contributed by atoms with Crippen LogP contribution in [-0.2, 0) is 11.3 Å². The Morgan fingerprint density at radius 3 is 2.62 bits per heavy atom. The van der Waals surface area contributed by atoms with Gasteiger partial charge in [0.25, 0.3) is 0 Å². The first-order valence-electron chi connectivity index (χ1n) is 9.82. The maximum absolute atomic E-state index is 13.4. The fourth-order valence-corrected chi connectivity index (χ4v) is 3.68. The first-order valence-corrected chi connectivity index (χ1v) is 9.82. The molecule has 3 aromatic rings. The zero-order valence-corrected chi connectivity index (χ0v) is 16.1. The van der Waals surface area contributed by atoms with Gasteiger partial charge in [-0.1, -0.05) is 24.3 Å². The Morgan fingerprint density at radius 1 is 1.07 bits per heavy atom. The summed E-state index contributed by atoms with van der Waals surface area (Å²) in [5.74, 6) is 0.488. The van der Waals surface area contributed by atoms with Crippen molar-refractivity contribution >= 4 is 11.6 Å². The Hall–Kier alpha value is -3.12. The maximum Gasteiger partial charge on any atom is 0.228 e. The molecule has 0 radical (unpaired) electrons. The number of carbonyl (C=O) groups excluding carboxylic acids is 1. The summed E-state index contributed by atoms with van der Waals surface area (Å²) in [4.78, 5) is 23.5. The van der Waals surface area contributed by atoms with Crippen LogP contribution < -0.4 is 5.32 Å². The van der Waals surface area contributed by atoms with E-state index in [0.717, 1.165) is 42.0 Å². The van der Waals surface area contributed by atoms with Gasteiger partial charge in [-0.25, -0.2) is 14.4 Å². The van der Waals surface area contributed by atoms with E-state index in [2.05, 4.69) is 20.2 Å². The zero-order chi connectivity index (χ0) is 20.1. The summed E-state index contributed by atoms with van der Waals surface area (Å²) in [5, 5.41) is 3.02. The molecule has 0 spiro atoms. The first kappa shape index (κ1) is 19.2. The fourth-order valence-electron chi connectivity index (χ4n) is 3.68. The third-order valence-electron chi connectivity index (χ3n) is 5.17. The van der Waals surface area contributed by atoms with Gasteiger partial charge in [-0.3, -0.25) is 9.69 Å². The molecule has 1 saturated heterocycles. The number of anilines is 1. The number of nitrogens with one attached hydrogen (secondary N) is 1. The number of piperidine rings is 1. The minimum Gasteiger partial charge on any atom is -0.326 e. The van der Waals surface area contributed by atoms with Crippen molar-refractivity contribution in [2.75, 3.05) is 18.4 Å². The van der Waals surface area contributed by atoms with Crippen LogP contribution in [0, 0.1) is 11.7 Å². The van der Waals surface area contributed by atoms with Crippen LogP contribution in [-0.4, -0.2) is 33.9 Å². The highest BCUT2D eigenvalue weighted by atomic mass is 19.1. The van der Waals surface area contributed by atoms with Crippen molar-refractivity contribution in [1.82, 2.24) is 14.9 Å². The molecule has 0 aliphatic carbocycles. The monoisotopic (exact) mass is 390 g/mol. The SMILES string of the molecule is O=C(Nc1ccc(-c2cccc(F)c2)cc1)[C@H]1CCCN(Cc2ncccn2)C1. The smallest absolute Gasteiger partial charge is 0.228 e. The molecule has 0 bridgehead atoms. The van der Waals surface area contributed by atoms with E-state index in [1.165, 1.54) is 12.1 Å². The second kappa shape index (κ2) is 8.92. The number of nitrogens with zero attached hydrogens (tertiary/aromatic N) is 3. The van der Waals surface area contributed by atoms with Gasteiger partial charge in [-0.05, 0) is 60.8 Å². The summed E-state index contributed by atoms with van der Waals surface area (Å²) >= 11 is 0. The highest BCUT2D eigenvalue weighted by Crippen LogP contribution is 2.24. The van der Waals surface area contributed by atoms with Gasteiger partial charge < -0.3 is 5.32 Å². The maximum atomic E-state index is 13.4. The number of hydrogen-bond acceptors (Lipinski definition) is 4. The summed E-state index contributed by atoms with van der Waals surface area (Å²) in [6, 6.07) is 15.8. The number of rotatable bonds is 5. The molecule has 1 amide bonds. The van der Waals surface area contributed by atoms with Crippen LogP contribution in [0.4, 0.5) is 10.1 Å².